The molecule has 3 rings (SSSR count). The SMILES string of the molecule is CC(C)C(NS(=O)(=O)c1ccc(-c2ccc(C(=O)c3ccoc3)cc2)cc1)C(=O)O. The van der Waals surface area contributed by atoms with E-state index in [-0.39, 0.29) is 10.7 Å². The second kappa shape index (κ2) is 8.64. The second-order valence-corrected chi connectivity index (χ2v) is 8.84. The van der Waals surface area contributed by atoms with E-state index in [1.807, 2.05) is 0 Å². The van der Waals surface area contributed by atoms with E-state index in [1.165, 1.54) is 24.7 Å². The molecule has 0 bridgehead atoms. The molecule has 0 aliphatic heterocycles. The predicted octanol–water partition coefficient (Wildman–Crippen LogP) is 3.57. The van der Waals surface area contributed by atoms with Crippen molar-refractivity contribution in [1.29, 1.82) is 0 Å². The number of sulfonamides is 1. The van der Waals surface area contributed by atoms with Crippen molar-refractivity contribution in [3.63, 3.8) is 0 Å². The van der Waals surface area contributed by atoms with E-state index in [2.05, 4.69) is 4.72 Å². The molecule has 1 atom stereocenters. The zero-order chi connectivity index (χ0) is 21.9. The molecule has 7 nitrogen and oxygen atoms in total. The lowest BCUT2D eigenvalue weighted by molar-refractivity contribution is -0.140. The van der Waals surface area contributed by atoms with Crippen molar-refractivity contribution in [2.45, 2.75) is 24.8 Å². The predicted molar refractivity (Wildman–Crippen MR) is 111 cm³/mol. The summed E-state index contributed by atoms with van der Waals surface area (Å²) < 4.78 is 32.2. The van der Waals surface area contributed by atoms with Crippen LogP contribution in [0.5, 0.6) is 0 Å². The van der Waals surface area contributed by atoms with E-state index in [0.717, 1.165) is 11.1 Å². The molecule has 1 unspecified atom stereocenters. The highest BCUT2D eigenvalue weighted by Crippen LogP contribution is 2.23. The monoisotopic (exact) mass is 427 g/mol. The van der Waals surface area contributed by atoms with Crippen LogP contribution in [0.4, 0.5) is 0 Å². The summed E-state index contributed by atoms with van der Waals surface area (Å²) >= 11 is 0. The van der Waals surface area contributed by atoms with Crippen LogP contribution in [-0.4, -0.2) is 31.3 Å². The van der Waals surface area contributed by atoms with Crippen molar-refractivity contribution in [1.82, 2.24) is 4.72 Å². The smallest absolute Gasteiger partial charge is 0.322 e. The Morgan fingerprint density at radius 3 is 1.93 bits per heavy atom. The molecular formula is C22H21NO6S. The quantitative estimate of drug-likeness (QED) is 0.531. The van der Waals surface area contributed by atoms with Gasteiger partial charge in [-0.25, -0.2) is 8.42 Å². The molecule has 8 heteroatoms. The number of furan rings is 1. The van der Waals surface area contributed by atoms with Crippen LogP contribution in [0.25, 0.3) is 11.1 Å². The number of hydrogen-bond acceptors (Lipinski definition) is 5. The Hall–Kier alpha value is -3.23. The third kappa shape index (κ3) is 4.67. The summed E-state index contributed by atoms with van der Waals surface area (Å²) in [6.45, 7) is 3.26. The van der Waals surface area contributed by atoms with Crippen molar-refractivity contribution in [3.8, 4) is 11.1 Å². The fourth-order valence-corrected chi connectivity index (χ4v) is 4.25. The first-order chi connectivity index (χ1) is 14.2. The Kier molecular flexibility index (Phi) is 6.19. The van der Waals surface area contributed by atoms with E-state index in [9.17, 15) is 23.1 Å². The van der Waals surface area contributed by atoms with Crippen molar-refractivity contribution in [3.05, 3.63) is 78.3 Å². The number of carboxylic acid groups (broad SMARTS) is 1. The Morgan fingerprint density at radius 2 is 1.47 bits per heavy atom. The molecule has 156 valence electrons. The van der Waals surface area contributed by atoms with Gasteiger partial charge in [-0.3, -0.25) is 9.59 Å². The zero-order valence-corrected chi connectivity index (χ0v) is 17.2. The maximum Gasteiger partial charge on any atom is 0.322 e. The Labute approximate surface area is 174 Å². The molecule has 0 aliphatic carbocycles. The number of nitrogens with one attached hydrogen (secondary N) is 1. The zero-order valence-electron chi connectivity index (χ0n) is 16.4. The van der Waals surface area contributed by atoms with Crippen molar-refractivity contribution in [2.75, 3.05) is 0 Å². The van der Waals surface area contributed by atoms with E-state index in [0.29, 0.717) is 11.1 Å². The van der Waals surface area contributed by atoms with Gasteiger partial charge in [0.2, 0.25) is 10.0 Å². The summed E-state index contributed by atoms with van der Waals surface area (Å²) in [5.74, 6) is -1.78. The molecule has 0 saturated heterocycles. The minimum Gasteiger partial charge on any atom is -0.480 e. The summed E-state index contributed by atoms with van der Waals surface area (Å²) in [5, 5.41) is 9.21. The average Bonchev–Trinajstić information content (AvgIpc) is 3.26. The molecule has 0 radical (unpaired) electrons. The average molecular weight is 427 g/mol. The van der Waals surface area contributed by atoms with Crippen LogP contribution in [0.15, 0.2) is 76.4 Å². The maximum absolute atomic E-state index is 12.5. The minimum absolute atomic E-state index is 0.0232. The molecule has 0 saturated carbocycles. The first-order valence-electron chi connectivity index (χ1n) is 9.21. The maximum atomic E-state index is 12.5. The molecule has 2 N–H and O–H groups in total. The highest BCUT2D eigenvalue weighted by molar-refractivity contribution is 7.89. The summed E-state index contributed by atoms with van der Waals surface area (Å²) in [4.78, 5) is 23.6. The molecule has 0 amide bonds. The van der Waals surface area contributed by atoms with Crippen LogP contribution in [-0.2, 0) is 14.8 Å². The first-order valence-corrected chi connectivity index (χ1v) is 10.7. The number of hydrogen-bond donors (Lipinski definition) is 2. The highest BCUT2D eigenvalue weighted by atomic mass is 32.2. The van der Waals surface area contributed by atoms with Gasteiger partial charge < -0.3 is 9.52 Å². The summed E-state index contributed by atoms with van der Waals surface area (Å²) in [6, 6.07) is 13.4. The third-order valence-electron chi connectivity index (χ3n) is 4.64. The van der Waals surface area contributed by atoms with Gasteiger partial charge in [-0.05, 0) is 35.2 Å². The molecule has 1 heterocycles. The van der Waals surface area contributed by atoms with Crippen LogP contribution < -0.4 is 4.72 Å². The largest absolute Gasteiger partial charge is 0.480 e. The van der Waals surface area contributed by atoms with Gasteiger partial charge in [0.1, 0.15) is 12.3 Å². The van der Waals surface area contributed by atoms with Crippen molar-refractivity contribution < 1.29 is 27.5 Å². The molecule has 0 fully saturated rings. The third-order valence-corrected chi connectivity index (χ3v) is 6.10. The van der Waals surface area contributed by atoms with Crippen LogP contribution in [0, 0.1) is 5.92 Å². The second-order valence-electron chi connectivity index (χ2n) is 7.12. The lowest BCUT2D eigenvalue weighted by atomic mass is 10.0. The normalized spacial score (nSPS) is 12.6. The standard InChI is InChI=1S/C22H21NO6S/c1-14(2)20(22(25)26)23-30(27,28)19-9-7-16(8-10-19)15-3-5-17(6-4-15)21(24)18-11-12-29-13-18/h3-14,20,23H,1-2H3,(H,25,26). The fourth-order valence-electron chi connectivity index (χ4n) is 2.91. The van der Waals surface area contributed by atoms with Crippen LogP contribution in [0.1, 0.15) is 29.8 Å². The number of carbonyl (C=O) groups is 2. The molecule has 0 spiro atoms. The van der Waals surface area contributed by atoms with Gasteiger partial charge in [0.15, 0.2) is 5.78 Å². The minimum atomic E-state index is -3.98. The Morgan fingerprint density at radius 1 is 0.900 bits per heavy atom. The van der Waals surface area contributed by atoms with Crippen LogP contribution in [0.3, 0.4) is 0 Å². The molecule has 2 aromatic carbocycles. The molecule has 3 aromatic rings. The number of rotatable bonds is 8. The van der Waals surface area contributed by atoms with Gasteiger partial charge in [0.05, 0.1) is 16.7 Å². The Balaban J connectivity index is 1.78. The summed E-state index contributed by atoms with van der Waals surface area (Å²) in [6.07, 6.45) is 2.82. The molecule has 30 heavy (non-hydrogen) atoms. The first kappa shape index (κ1) is 21.5. The molecule has 1 aromatic heterocycles. The fraction of sp³-hybridized carbons (Fsp3) is 0.182. The van der Waals surface area contributed by atoms with Gasteiger partial charge in [-0.1, -0.05) is 50.2 Å². The Bertz CT molecular complexity index is 1130. The van der Waals surface area contributed by atoms with Gasteiger partial charge in [0, 0.05) is 5.56 Å². The molecule has 0 aliphatic rings. The summed E-state index contributed by atoms with van der Waals surface area (Å²) in [7, 11) is -3.98. The summed E-state index contributed by atoms with van der Waals surface area (Å²) in [5.41, 5.74) is 2.54. The molecular weight excluding hydrogens is 406 g/mol. The number of carboxylic acids is 1. The topological polar surface area (TPSA) is 114 Å². The van der Waals surface area contributed by atoms with E-state index in [1.54, 1.807) is 56.3 Å². The number of carbonyl (C=O) groups excluding carboxylic acids is 1. The van der Waals surface area contributed by atoms with Gasteiger partial charge in [-0.15, -0.1) is 0 Å². The number of aliphatic carboxylic acids is 1. The lowest BCUT2D eigenvalue weighted by Gasteiger charge is -2.18. The van der Waals surface area contributed by atoms with Gasteiger partial charge in [-0.2, -0.15) is 4.72 Å². The van der Waals surface area contributed by atoms with Crippen molar-refractivity contribution in [2.24, 2.45) is 5.92 Å². The number of ketones is 1. The van der Waals surface area contributed by atoms with Crippen molar-refractivity contribution >= 4 is 21.8 Å². The lowest BCUT2D eigenvalue weighted by Crippen LogP contribution is -2.44. The van der Waals surface area contributed by atoms with E-state index >= 15 is 0 Å². The van der Waals surface area contributed by atoms with E-state index in [4.69, 9.17) is 4.42 Å². The van der Waals surface area contributed by atoms with Crippen LogP contribution in [0.2, 0.25) is 0 Å². The van der Waals surface area contributed by atoms with Crippen LogP contribution >= 0.6 is 0 Å². The number of benzene rings is 2. The highest BCUT2D eigenvalue weighted by Gasteiger charge is 2.27. The van der Waals surface area contributed by atoms with Gasteiger partial charge in [0.25, 0.3) is 0 Å². The van der Waals surface area contributed by atoms with Gasteiger partial charge >= 0.3 is 5.97 Å². The van der Waals surface area contributed by atoms with E-state index < -0.39 is 28.0 Å².